The minimum Gasteiger partial charge on any atom is -0.358 e. The van der Waals surface area contributed by atoms with Crippen molar-refractivity contribution >= 4 is 40.0 Å². The van der Waals surface area contributed by atoms with Crippen LogP contribution in [0.25, 0.3) is 10.9 Å². The average Bonchev–Trinajstić information content (AvgIpc) is 2.98. The Morgan fingerprint density at radius 3 is 2.37 bits per heavy atom. The molecule has 0 atom stereocenters. The lowest BCUT2D eigenvalue weighted by Crippen LogP contribution is -2.40. The molecule has 1 aliphatic heterocycles. The molecule has 0 saturated carbocycles. The molecule has 0 bridgehead atoms. The Kier molecular flexibility index (Phi) is 4.24. The lowest BCUT2D eigenvalue weighted by atomic mass is 10.1. The van der Waals surface area contributed by atoms with Crippen molar-refractivity contribution in [2.75, 3.05) is 10.2 Å². The highest BCUT2D eigenvalue weighted by Gasteiger charge is 2.27. The zero-order chi connectivity index (χ0) is 19.0. The van der Waals surface area contributed by atoms with Crippen molar-refractivity contribution in [3.63, 3.8) is 0 Å². The molecule has 136 valence electrons. The van der Waals surface area contributed by atoms with Gasteiger partial charge in [0.1, 0.15) is 0 Å². The number of rotatable bonds is 3. The van der Waals surface area contributed by atoms with Crippen LogP contribution in [0.3, 0.4) is 0 Å². The van der Waals surface area contributed by atoms with Gasteiger partial charge in [-0.2, -0.15) is 0 Å². The molecule has 1 saturated heterocycles. The number of para-hydroxylation sites is 1. The van der Waals surface area contributed by atoms with Crippen LogP contribution in [-0.2, 0) is 9.59 Å². The zero-order valence-corrected chi connectivity index (χ0v) is 14.9. The number of piperidine rings is 1. The van der Waals surface area contributed by atoms with Gasteiger partial charge in [-0.15, -0.1) is 0 Å². The van der Waals surface area contributed by atoms with Crippen molar-refractivity contribution in [1.82, 2.24) is 4.98 Å². The number of hydrogen-bond acceptors (Lipinski definition) is 3. The van der Waals surface area contributed by atoms with E-state index in [9.17, 15) is 14.4 Å². The molecule has 2 N–H and O–H groups in total. The van der Waals surface area contributed by atoms with Gasteiger partial charge in [0.05, 0.1) is 11.3 Å². The highest BCUT2D eigenvalue weighted by Crippen LogP contribution is 2.26. The number of fused-ring (bicyclic) bond motifs is 1. The van der Waals surface area contributed by atoms with E-state index in [1.54, 1.807) is 24.3 Å². The Morgan fingerprint density at radius 1 is 1.00 bits per heavy atom. The SMILES string of the molecule is Cc1[nH]c2ccccc2c1C(=O)Nc1ccc(N2C(=O)CCCC2=O)cc1. The second-order valence-corrected chi connectivity index (χ2v) is 6.65. The second kappa shape index (κ2) is 6.72. The molecule has 1 aromatic heterocycles. The summed E-state index contributed by atoms with van der Waals surface area (Å²) in [5.74, 6) is -0.572. The van der Waals surface area contributed by atoms with Crippen molar-refractivity contribution < 1.29 is 14.4 Å². The number of carbonyl (C=O) groups excluding carboxylic acids is 3. The van der Waals surface area contributed by atoms with Gasteiger partial charge in [-0.25, -0.2) is 0 Å². The Balaban J connectivity index is 1.56. The van der Waals surface area contributed by atoms with E-state index >= 15 is 0 Å². The van der Waals surface area contributed by atoms with Crippen LogP contribution in [0.1, 0.15) is 35.3 Å². The van der Waals surface area contributed by atoms with Gasteiger partial charge >= 0.3 is 0 Å². The smallest absolute Gasteiger partial charge is 0.258 e. The lowest BCUT2D eigenvalue weighted by molar-refractivity contribution is -0.129. The molecule has 0 aliphatic carbocycles. The largest absolute Gasteiger partial charge is 0.358 e. The molecule has 3 aromatic rings. The van der Waals surface area contributed by atoms with Gasteiger partial charge in [0, 0.05) is 35.1 Å². The van der Waals surface area contributed by atoms with Crippen LogP contribution < -0.4 is 10.2 Å². The lowest BCUT2D eigenvalue weighted by Gasteiger charge is -2.24. The number of nitrogens with zero attached hydrogens (tertiary/aromatic N) is 1. The minimum atomic E-state index is -0.206. The van der Waals surface area contributed by atoms with E-state index in [0.717, 1.165) is 16.6 Å². The predicted octanol–water partition coefficient (Wildman–Crippen LogP) is 3.77. The van der Waals surface area contributed by atoms with Gasteiger partial charge in [0.25, 0.3) is 5.91 Å². The van der Waals surface area contributed by atoms with E-state index in [1.807, 2.05) is 31.2 Å². The third kappa shape index (κ3) is 3.10. The topological polar surface area (TPSA) is 82.3 Å². The summed E-state index contributed by atoms with van der Waals surface area (Å²) in [4.78, 5) is 41.2. The van der Waals surface area contributed by atoms with Crippen LogP contribution in [0.15, 0.2) is 48.5 Å². The summed E-state index contributed by atoms with van der Waals surface area (Å²) in [5, 5.41) is 3.75. The number of hydrogen-bond donors (Lipinski definition) is 2. The highest BCUT2D eigenvalue weighted by atomic mass is 16.2. The second-order valence-electron chi connectivity index (χ2n) is 6.65. The molecule has 6 heteroatoms. The fourth-order valence-corrected chi connectivity index (χ4v) is 3.50. The van der Waals surface area contributed by atoms with Crippen molar-refractivity contribution in [2.45, 2.75) is 26.2 Å². The molecule has 6 nitrogen and oxygen atoms in total. The number of carbonyl (C=O) groups is 3. The number of aromatic amines is 1. The highest BCUT2D eigenvalue weighted by molar-refractivity contribution is 6.17. The minimum absolute atomic E-state index is 0.183. The molecular formula is C21H19N3O3. The fourth-order valence-electron chi connectivity index (χ4n) is 3.50. The maximum Gasteiger partial charge on any atom is 0.258 e. The van der Waals surface area contributed by atoms with Gasteiger partial charge in [-0.3, -0.25) is 19.3 Å². The molecule has 1 fully saturated rings. The number of imide groups is 1. The number of H-pyrrole nitrogens is 1. The molecule has 1 aliphatic rings. The van der Waals surface area contributed by atoms with Crippen molar-refractivity contribution in [3.05, 3.63) is 59.8 Å². The molecular weight excluding hydrogens is 342 g/mol. The Labute approximate surface area is 156 Å². The van der Waals surface area contributed by atoms with Crippen LogP contribution >= 0.6 is 0 Å². The first-order valence-electron chi connectivity index (χ1n) is 8.89. The summed E-state index contributed by atoms with van der Waals surface area (Å²) in [6.07, 6.45) is 1.36. The molecule has 2 heterocycles. The first-order chi connectivity index (χ1) is 13.0. The van der Waals surface area contributed by atoms with E-state index in [2.05, 4.69) is 10.3 Å². The first-order valence-corrected chi connectivity index (χ1v) is 8.89. The number of anilines is 2. The van der Waals surface area contributed by atoms with Gasteiger partial charge in [0.2, 0.25) is 11.8 Å². The number of aryl methyl sites for hydroxylation is 1. The molecule has 0 radical (unpaired) electrons. The van der Waals surface area contributed by atoms with Crippen LogP contribution in [0.4, 0.5) is 11.4 Å². The standard InChI is InChI=1S/C21H19N3O3/c1-13-20(16-5-2-3-6-17(16)22-13)21(27)23-14-9-11-15(12-10-14)24-18(25)7-4-8-19(24)26/h2-3,5-6,9-12,22H,4,7-8H2,1H3,(H,23,27). The number of benzene rings is 2. The van der Waals surface area contributed by atoms with Crippen LogP contribution in [-0.4, -0.2) is 22.7 Å². The van der Waals surface area contributed by atoms with Crippen LogP contribution in [0.2, 0.25) is 0 Å². The summed E-state index contributed by atoms with van der Waals surface area (Å²) in [6.45, 7) is 1.87. The molecule has 2 aromatic carbocycles. The average molecular weight is 361 g/mol. The summed E-state index contributed by atoms with van der Waals surface area (Å²) in [6, 6.07) is 14.4. The summed E-state index contributed by atoms with van der Waals surface area (Å²) >= 11 is 0. The Hall–Kier alpha value is -3.41. The van der Waals surface area contributed by atoms with E-state index < -0.39 is 0 Å². The zero-order valence-electron chi connectivity index (χ0n) is 14.9. The van der Waals surface area contributed by atoms with Crippen molar-refractivity contribution in [3.8, 4) is 0 Å². The quantitative estimate of drug-likeness (QED) is 0.697. The maximum atomic E-state index is 12.8. The van der Waals surface area contributed by atoms with Gasteiger partial charge in [0.15, 0.2) is 0 Å². The van der Waals surface area contributed by atoms with E-state index in [-0.39, 0.29) is 17.7 Å². The summed E-state index contributed by atoms with van der Waals surface area (Å²) < 4.78 is 0. The molecule has 27 heavy (non-hydrogen) atoms. The number of amides is 3. The van der Waals surface area contributed by atoms with E-state index in [1.165, 1.54) is 4.90 Å². The van der Waals surface area contributed by atoms with Gasteiger partial charge in [-0.05, 0) is 43.7 Å². The van der Waals surface area contributed by atoms with Gasteiger partial charge < -0.3 is 10.3 Å². The normalized spacial score (nSPS) is 14.6. The fraction of sp³-hybridized carbons (Fsp3) is 0.190. The van der Waals surface area contributed by atoms with Crippen molar-refractivity contribution in [2.24, 2.45) is 0 Å². The van der Waals surface area contributed by atoms with Crippen LogP contribution in [0.5, 0.6) is 0 Å². The third-order valence-corrected chi connectivity index (χ3v) is 4.78. The van der Waals surface area contributed by atoms with Crippen molar-refractivity contribution in [1.29, 1.82) is 0 Å². The molecule has 0 unspecified atom stereocenters. The van der Waals surface area contributed by atoms with Gasteiger partial charge in [-0.1, -0.05) is 18.2 Å². The van der Waals surface area contributed by atoms with Crippen LogP contribution in [0, 0.1) is 6.92 Å². The third-order valence-electron chi connectivity index (χ3n) is 4.78. The Morgan fingerprint density at radius 2 is 1.67 bits per heavy atom. The summed E-state index contributed by atoms with van der Waals surface area (Å²) in [7, 11) is 0. The predicted molar refractivity (Wildman–Crippen MR) is 104 cm³/mol. The molecule has 4 rings (SSSR count). The molecule has 3 amide bonds. The van der Waals surface area contributed by atoms with E-state index in [4.69, 9.17) is 0 Å². The first kappa shape index (κ1) is 17.0. The van der Waals surface area contributed by atoms with E-state index in [0.29, 0.717) is 36.2 Å². The monoisotopic (exact) mass is 361 g/mol. The number of aromatic nitrogens is 1. The molecule has 0 spiro atoms. The number of nitrogens with one attached hydrogen (secondary N) is 2. The Bertz CT molecular complexity index is 1030. The summed E-state index contributed by atoms with van der Waals surface area (Å²) in [5.41, 5.74) is 3.46. The maximum absolute atomic E-state index is 12.8.